The lowest BCUT2D eigenvalue weighted by atomic mass is 10.2. The number of aliphatic hydroxyl groups is 1. The van der Waals surface area contributed by atoms with E-state index in [0.717, 1.165) is 12.8 Å². The molecule has 2 heterocycles. The second-order valence-electron chi connectivity index (χ2n) is 7.62. The summed E-state index contributed by atoms with van der Waals surface area (Å²) >= 11 is 0. The molecule has 9 nitrogen and oxygen atoms in total. The molecule has 28 heavy (non-hydrogen) atoms. The first-order valence-electron chi connectivity index (χ1n) is 9.90. The van der Waals surface area contributed by atoms with Crippen molar-refractivity contribution in [1.82, 2.24) is 24.4 Å². The monoisotopic (exact) mass is 393 g/mol. The number of aliphatic hydroxyl groups excluding tert-OH is 1. The van der Waals surface area contributed by atoms with Crippen molar-refractivity contribution in [3.8, 4) is 0 Å². The third kappa shape index (κ3) is 5.09. The predicted molar refractivity (Wildman–Crippen MR) is 107 cm³/mol. The summed E-state index contributed by atoms with van der Waals surface area (Å²) < 4.78 is 3.33. The van der Waals surface area contributed by atoms with E-state index >= 15 is 0 Å². The van der Waals surface area contributed by atoms with Crippen molar-refractivity contribution >= 4 is 17.1 Å². The van der Waals surface area contributed by atoms with Gasteiger partial charge in [0.15, 0.2) is 11.2 Å². The molecular weight excluding hydrogens is 362 g/mol. The van der Waals surface area contributed by atoms with Crippen molar-refractivity contribution in [2.75, 3.05) is 6.61 Å². The van der Waals surface area contributed by atoms with Crippen LogP contribution in [0.3, 0.4) is 0 Å². The number of fused-ring (bicyclic) bond motifs is 1. The van der Waals surface area contributed by atoms with Gasteiger partial charge in [0.25, 0.3) is 5.56 Å². The van der Waals surface area contributed by atoms with Gasteiger partial charge in [0.2, 0.25) is 5.91 Å². The standard InChI is InChI=1S/C19H31N5O4/c1-5-6-9-23-17-16(18(27)22-19(23)28)24(10-12(2)3)14(21-17)7-8-15(26)20-13(4)11-25/h12-13,25H,5-11H2,1-4H3,(H,20,26)(H,22,27,28). The van der Waals surface area contributed by atoms with Crippen LogP contribution in [-0.4, -0.2) is 42.8 Å². The number of rotatable bonds is 10. The number of carbonyl (C=O) groups excluding carboxylic acids is 1. The Kier molecular flexibility index (Phi) is 7.56. The van der Waals surface area contributed by atoms with Crippen LogP contribution in [0.4, 0.5) is 0 Å². The van der Waals surface area contributed by atoms with Gasteiger partial charge in [-0.15, -0.1) is 0 Å². The van der Waals surface area contributed by atoms with Crippen LogP contribution in [0.5, 0.6) is 0 Å². The van der Waals surface area contributed by atoms with Gasteiger partial charge >= 0.3 is 5.69 Å². The third-order valence-electron chi connectivity index (χ3n) is 4.50. The number of amides is 1. The molecule has 0 aromatic carbocycles. The maximum absolute atomic E-state index is 12.5. The molecule has 0 spiro atoms. The second kappa shape index (κ2) is 9.68. The van der Waals surface area contributed by atoms with E-state index < -0.39 is 11.2 Å². The van der Waals surface area contributed by atoms with E-state index in [1.165, 1.54) is 4.57 Å². The van der Waals surface area contributed by atoms with Gasteiger partial charge in [-0.2, -0.15) is 0 Å². The van der Waals surface area contributed by atoms with Crippen molar-refractivity contribution in [1.29, 1.82) is 0 Å². The van der Waals surface area contributed by atoms with Crippen molar-refractivity contribution in [3.05, 3.63) is 26.7 Å². The number of hydrogen-bond donors (Lipinski definition) is 3. The molecule has 9 heteroatoms. The average molecular weight is 393 g/mol. The summed E-state index contributed by atoms with van der Waals surface area (Å²) in [4.78, 5) is 43.9. The highest BCUT2D eigenvalue weighted by Gasteiger charge is 2.20. The molecule has 0 saturated carbocycles. The minimum Gasteiger partial charge on any atom is -0.394 e. The Balaban J connectivity index is 2.46. The Morgan fingerprint density at radius 1 is 1.25 bits per heavy atom. The highest BCUT2D eigenvalue weighted by molar-refractivity contribution is 5.76. The lowest BCUT2D eigenvalue weighted by Crippen LogP contribution is -2.35. The molecule has 0 aliphatic carbocycles. The van der Waals surface area contributed by atoms with E-state index in [4.69, 9.17) is 5.11 Å². The van der Waals surface area contributed by atoms with Gasteiger partial charge in [0.1, 0.15) is 5.82 Å². The lowest BCUT2D eigenvalue weighted by Gasteiger charge is -2.13. The smallest absolute Gasteiger partial charge is 0.330 e. The Morgan fingerprint density at radius 2 is 1.96 bits per heavy atom. The van der Waals surface area contributed by atoms with Crippen LogP contribution >= 0.6 is 0 Å². The van der Waals surface area contributed by atoms with Crippen LogP contribution in [0, 0.1) is 5.92 Å². The maximum Gasteiger partial charge on any atom is 0.330 e. The molecule has 1 atom stereocenters. The molecule has 1 unspecified atom stereocenters. The van der Waals surface area contributed by atoms with Gasteiger partial charge in [-0.3, -0.25) is 19.1 Å². The number of imidazole rings is 1. The highest BCUT2D eigenvalue weighted by atomic mass is 16.3. The van der Waals surface area contributed by atoms with Crippen LogP contribution in [0.15, 0.2) is 9.59 Å². The Morgan fingerprint density at radius 3 is 2.57 bits per heavy atom. The van der Waals surface area contributed by atoms with E-state index in [-0.39, 0.29) is 30.9 Å². The first-order valence-corrected chi connectivity index (χ1v) is 9.90. The minimum atomic E-state index is -0.457. The summed E-state index contributed by atoms with van der Waals surface area (Å²) in [6, 6.07) is -0.316. The minimum absolute atomic E-state index is 0.128. The number of nitrogens with zero attached hydrogens (tertiary/aromatic N) is 3. The number of hydrogen-bond acceptors (Lipinski definition) is 5. The molecule has 3 N–H and O–H groups in total. The zero-order valence-electron chi connectivity index (χ0n) is 17.1. The van der Waals surface area contributed by atoms with Crippen molar-refractivity contribution in [2.24, 2.45) is 5.92 Å². The van der Waals surface area contributed by atoms with Crippen molar-refractivity contribution < 1.29 is 9.90 Å². The zero-order valence-corrected chi connectivity index (χ0v) is 17.1. The number of H-pyrrole nitrogens is 1. The Hall–Kier alpha value is -2.42. The molecule has 0 bridgehead atoms. The number of carbonyl (C=O) groups is 1. The molecule has 156 valence electrons. The van der Waals surface area contributed by atoms with E-state index in [2.05, 4.69) is 15.3 Å². The molecule has 0 radical (unpaired) electrons. The van der Waals surface area contributed by atoms with Crippen molar-refractivity contribution in [2.45, 2.75) is 72.5 Å². The third-order valence-corrected chi connectivity index (χ3v) is 4.50. The molecule has 0 fully saturated rings. The van der Waals surface area contributed by atoms with Gasteiger partial charge in [-0.05, 0) is 19.3 Å². The predicted octanol–water partition coefficient (Wildman–Crippen LogP) is 0.772. The molecule has 2 aromatic rings. The summed E-state index contributed by atoms with van der Waals surface area (Å²) in [6.07, 6.45) is 2.24. The largest absolute Gasteiger partial charge is 0.394 e. The number of aromatic nitrogens is 4. The van der Waals surface area contributed by atoms with Crippen LogP contribution in [0.25, 0.3) is 11.2 Å². The lowest BCUT2D eigenvalue weighted by molar-refractivity contribution is -0.121. The summed E-state index contributed by atoms with van der Waals surface area (Å²) in [6.45, 7) is 8.74. The average Bonchev–Trinajstić information content (AvgIpc) is 2.97. The van der Waals surface area contributed by atoms with Crippen LogP contribution in [0.2, 0.25) is 0 Å². The highest BCUT2D eigenvalue weighted by Crippen LogP contribution is 2.16. The topological polar surface area (TPSA) is 122 Å². The normalized spacial score (nSPS) is 12.6. The Labute approximate surface area is 163 Å². The first kappa shape index (κ1) is 21.9. The van der Waals surface area contributed by atoms with Gasteiger partial charge in [-0.25, -0.2) is 9.78 Å². The molecule has 0 saturated heterocycles. The summed E-state index contributed by atoms with van der Waals surface area (Å²) in [7, 11) is 0. The number of aromatic amines is 1. The van der Waals surface area contributed by atoms with E-state index in [1.54, 1.807) is 6.92 Å². The van der Waals surface area contributed by atoms with E-state index in [0.29, 0.717) is 36.5 Å². The SMILES string of the molecule is CCCCn1c(=O)[nH]c(=O)c2c1nc(CCC(=O)NC(C)CO)n2CC(C)C. The molecule has 1 amide bonds. The molecule has 2 aromatic heterocycles. The summed E-state index contributed by atoms with van der Waals surface area (Å²) in [5.41, 5.74) is -0.155. The van der Waals surface area contributed by atoms with Gasteiger partial charge in [0, 0.05) is 32.0 Å². The zero-order chi connectivity index (χ0) is 20.8. The molecule has 0 aliphatic heterocycles. The van der Waals surface area contributed by atoms with Gasteiger partial charge in [0.05, 0.1) is 6.61 Å². The number of unbranched alkanes of at least 4 members (excludes halogenated alkanes) is 1. The number of aryl methyl sites for hydroxylation is 2. The molecule has 0 aliphatic rings. The number of nitrogens with one attached hydrogen (secondary N) is 2. The Bertz CT molecular complexity index is 925. The molecular formula is C19H31N5O4. The van der Waals surface area contributed by atoms with Crippen LogP contribution in [0.1, 0.15) is 52.8 Å². The van der Waals surface area contributed by atoms with Crippen molar-refractivity contribution in [3.63, 3.8) is 0 Å². The van der Waals surface area contributed by atoms with Crippen LogP contribution in [-0.2, 0) is 24.3 Å². The quantitative estimate of drug-likeness (QED) is 0.550. The van der Waals surface area contributed by atoms with E-state index in [1.807, 2.05) is 25.3 Å². The fraction of sp³-hybridized carbons (Fsp3) is 0.684. The van der Waals surface area contributed by atoms with Gasteiger partial charge in [-0.1, -0.05) is 27.2 Å². The maximum atomic E-state index is 12.5. The summed E-state index contributed by atoms with van der Waals surface area (Å²) in [5, 5.41) is 11.8. The second-order valence-corrected chi connectivity index (χ2v) is 7.62. The van der Waals surface area contributed by atoms with E-state index in [9.17, 15) is 14.4 Å². The van der Waals surface area contributed by atoms with Crippen LogP contribution < -0.4 is 16.6 Å². The summed E-state index contributed by atoms with van der Waals surface area (Å²) in [5.74, 6) is 0.675. The fourth-order valence-electron chi connectivity index (χ4n) is 3.11. The fourth-order valence-corrected chi connectivity index (χ4v) is 3.11. The molecule has 2 rings (SSSR count). The first-order chi connectivity index (χ1) is 13.3. The van der Waals surface area contributed by atoms with Gasteiger partial charge < -0.3 is 15.0 Å².